The van der Waals surface area contributed by atoms with Gasteiger partial charge in [-0.3, -0.25) is 9.52 Å². The van der Waals surface area contributed by atoms with Crippen LogP contribution in [0.15, 0.2) is 54.7 Å². The van der Waals surface area contributed by atoms with Crippen LogP contribution in [0.5, 0.6) is 0 Å². The first-order valence-corrected chi connectivity index (χ1v) is 21.1. The summed E-state index contributed by atoms with van der Waals surface area (Å²) >= 11 is 0. The summed E-state index contributed by atoms with van der Waals surface area (Å²) in [4.78, 5) is 35.7. The van der Waals surface area contributed by atoms with Gasteiger partial charge in [-0.1, -0.05) is 36.2 Å². The lowest BCUT2D eigenvalue weighted by Gasteiger charge is -2.47. The average Bonchev–Trinajstić information content (AvgIpc) is 3.44. The Bertz CT molecular complexity index is 2120. The molecular weight excluding hydrogens is 699 g/mol. The molecule has 2 aromatic heterocycles. The van der Waals surface area contributed by atoms with Crippen LogP contribution in [0.2, 0.25) is 0 Å². The van der Waals surface area contributed by atoms with Crippen LogP contribution in [0, 0.1) is 19.8 Å². The van der Waals surface area contributed by atoms with Gasteiger partial charge >= 0.3 is 6.09 Å². The van der Waals surface area contributed by atoms with E-state index in [4.69, 9.17) is 9.72 Å². The number of amides is 1. The summed E-state index contributed by atoms with van der Waals surface area (Å²) in [6.07, 6.45) is 7.70. The fourth-order valence-corrected chi connectivity index (χ4v) is 8.88. The fourth-order valence-electron chi connectivity index (χ4n) is 8.31. The molecule has 2 saturated heterocycles. The van der Waals surface area contributed by atoms with Crippen LogP contribution in [0.25, 0.3) is 22.3 Å². The highest BCUT2D eigenvalue weighted by molar-refractivity contribution is 7.92. The summed E-state index contributed by atoms with van der Waals surface area (Å²) in [5.41, 5.74) is 6.17. The SMILES string of the molecule is Cc1cc(C)cc(-c2c([C@H](C)CNCCc3ccc(NS(C)(=O)=O)cc3)c3cc(C(C)(C)C(=O)N4CC5CCC4CC5)cnc3n2C(=O)OC(C)(C)C)c1. The molecule has 4 heterocycles. The Balaban J connectivity index is 1.39. The summed E-state index contributed by atoms with van der Waals surface area (Å²) in [6.45, 7) is 18.0. The number of aryl methyl sites for hydroxylation is 2. The van der Waals surface area contributed by atoms with Gasteiger partial charge in [0, 0.05) is 36.4 Å². The molecule has 1 atom stereocenters. The third-order valence-corrected chi connectivity index (χ3v) is 11.5. The Kier molecular flexibility index (Phi) is 11.1. The minimum atomic E-state index is -3.34. The van der Waals surface area contributed by atoms with Gasteiger partial charge in [-0.2, -0.15) is 0 Å². The number of fused-ring (bicyclic) bond motifs is 4. The molecule has 2 aromatic carbocycles. The fraction of sp³-hybridized carbons (Fsp3) is 0.512. The standard InChI is InChI=1S/C43H57N5O5S/c1-27-20-28(2)22-32(21-27)38-37(29(3)24-44-19-18-30-10-14-34(15-11-30)46-54(9,51)52)36-23-33(25-45-39(36)48(38)41(50)53-42(4,5)6)43(7,8)40(49)47-26-31-12-16-35(47)17-13-31/h10-11,14-15,20-23,25,29,31,35,44,46H,12-13,16-19,24,26H2,1-9H3/t29-,31?,35?/m1/s1. The number of benzene rings is 2. The van der Waals surface area contributed by atoms with Crippen molar-refractivity contribution in [2.24, 2.45) is 5.92 Å². The van der Waals surface area contributed by atoms with Crippen molar-refractivity contribution in [1.82, 2.24) is 19.8 Å². The van der Waals surface area contributed by atoms with Crippen LogP contribution >= 0.6 is 0 Å². The van der Waals surface area contributed by atoms with Crippen LogP contribution in [0.1, 0.15) is 101 Å². The number of nitrogens with zero attached hydrogens (tertiary/aromatic N) is 3. The van der Waals surface area contributed by atoms with Gasteiger partial charge in [-0.15, -0.1) is 0 Å². The van der Waals surface area contributed by atoms with E-state index in [9.17, 15) is 18.0 Å². The molecule has 4 aromatic rings. The summed E-state index contributed by atoms with van der Waals surface area (Å²) < 4.78 is 33.4. The Morgan fingerprint density at radius 2 is 1.61 bits per heavy atom. The number of carbonyl (C=O) groups excluding carboxylic acids is 2. The molecule has 11 heteroatoms. The number of pyridine rings is 1. The highest BCUT2D eigenvalue weighted by atomic mass is 32.2. The van der Waals surface area contributed by atoms with E-state index >= 15 is 0 Å². The van der Waals surface area contributed by atoms with Crippen LogP contribution in [-0.4, -0.2) is 72.4 Å². The van der Waals surface area contributed by atoms with Gasteiger partial charge in [0.05, 0.1) is 17.4 Å². The van der Waals surface area contributed by atoms with Crippen molar-refractivity contribution in [3.8, 4) is 11.3 Å². The summed E-state index contributed by atoms with van der Waals surface area (Å²) in [5.74, 6) is 0.646. The third kappa shape index (κ3) is 8.68. The van der Waals surface area contributed by atoms with Gasteiger partial charge < -0.3 is 15.0 Å². The molecule has 3 fully saturated rings. The van der Waals surface area contributed by atoms with Crippen LogP contribution < -0.4 is 10.0 Å². The summed E-state index contributed by atoms with van der Waals surface area (Å²) in [6, 6.07) is 16.1. The van der Waals surface area contributed by atoms with E-state index in [-0.39, 0.29) is 11.8 Å². The van der Waals surface area contributed by atoms with Crippen molar-refractivity contribution in [2.45, 2.75) is 110 Å². The number of hydrogen-bond donors (Lipinski definition) is 2. The number of ether oxygens (including phenoxy) is 1. The predicted octanol–water partition coefficient (Wildman–Crippen LogP) is 8.09. The van der Waals surface area contributed by atoms with Crippen molar-refractivity contribution in [2.75, 3.05) is 30.6 Å². The first-order chi connectivity index (χ1) is 25.3. The number of sulfonamides is 1. The van der Waals surface area contributed by atoms with E-state index in [1.54, 1.807) is 22.9 Å². The van der Waals surface area contributed by atoms with E-state index in [0.29, 0.717) is 36.4 Å². The quantitative estimate of drug-likeness (QED) is 0.149. The van der Waals surface area contributed by atoms with Gasteiger partial charge in [0.15, 0.2) is 0 Å². The number of anilines is 1. The topological polar surface area (TPSA) is 123 Å². The third-order valence-electron chi connectivity index (χ3n) is 10.9. The van der Waals surface area contributed by atoms with Crippen molar-refractivity contribution >= 4 is 38.7 Å². The molecule has 2 bridgehead atoms. The maximum absolute atomic E-state index is 14.3. The molecule has 0 spiro atoms. The van der Waals surface area contributed by atoms with Gasteiger partial charge in [0.25, 0.3) is 0 Å². The second-order valence-electron chi connectivity index (χ2n) is 17.2. The molecular formula is C43H57N5O5S. The molecule has 10 nitrogen and oxygen atoms in total. The number of piperidine rings is 2. The van der Waals surface area contributed by atoms with Gasteiger partial charge in [0.1, 0.15) is 11.2 Å². The molecule has 2 aliphatic heterocycles. The van der Waals surface area contributed by atoms with E-state index in [1.807, 2.05) is 46.8 Å². The second kappa shape index (κ2) is 15.1. The first kappa shape index (κ1) is 39.5. The second-order valence-corrected chi connectivity index (χ2v) is 19.0. The Labute approximate surface area is 321 Å². The molecule has 0 unspecified atom stereocenters. The van der Waals surface area contributed by atoms with E-state index in [0.717, 1.165) is 76.5 Å². The van der Waals surface area contributed by atoms with E-state index < -0.39 is 27.1 Å². The Morgan fingerprint density at radius 3 is 2.19 bits per heavy atom. The van der Waals surface area contributed by atoms with Crippen molar-refractivity contribution in [1.29, 1.82) is 0 Å². The number of rotatable bonds is 11. The van der Waals surface area contributed by atoms with Crippen molar-refractivity contribution in [3.63, 3.8) is 0 Å². The molecule has 2 N–H and O–H groups in total. The van der Waals surface area contributed by atoms with Crippen LogP contribution in [0.4, 0.5) is 10.5 Å². The average molecular weight is 756 g/mol. The minimum absolute atomic E-state index is 0.0676. The zero-order chi connectivity index (χ0) is 39.2. The minimum Gasteiger partial charge on any atom is -0.443 e. The molecule has 1 saturated carbocycles. The van der Waals surface area contributed by atoms with Crippen molar-refractivity contribution < 1.29 is 22.7 Å². The zero-order valence-electron chi connectivity index (χ0n) is 33.4. The predicted molar refractivity (Wildman–Crippen MR) is 217 cm³/mol. The number of carbonyl (C=O) groups is 2. The molecule has 7 rings (SSSR count). The van der Waals surface area contributed by atoms with E-state index in [2.05, 4.69) is 60.0 Å². The lowest BCUT2D eigenvalue weighted by molar-refractivity contribution is -0.144. The van der Waals surface area contributed by atoms with Gasteiger partial charge in [0.2, 0.25) is 15.9 Å². The highest BCUT2D eigenvalue weighted by Crippen LogP contribution is 2.42. The first-order valence-electron chi connectivity index (χ1n) is 19.3. The molecule has 290 valence electrons. The number of nitrogens with one attached hydrogen (secondary N) is 2. The lowest BCUT2D eigenvalue weighted by Crippen LogP contribution is -2.55. The van der Waals surface area contributed by atoms with Crippen LogP contribution in [-0.2, 0) is 31.4 Å². The lowest BCUT2D eigenvalue weighted by atomic mass is 9.76. The highest BCUT2D eigenvalue weighted by Gasteiger charge is 2.43. The summed E-state index contributed by atoms with van der Waals surface area (Å²) in [7, 11) is -3.34. The number of aromatic nitrogens is 2. The Morgan fingerprint density at radius 1 is 0.963 bits per heavy atom. The van der Waals surface area contributed by atoms with Gasteiger partial charge in [-0.05, 0) is 152 Å². The smallest absolute Gasteiger partial charge is 0.420 e. The molecule has 0 radical (unpaired) electrons. The molecule has 1 aliphatic carbocycles. The molecule has 54 heavy (non-hydrogen) atoms. The monoisotopic (exact) mass is 755 g/mol. The Hall–Kier alpha value is -4.22. The summed E-state index contributed by atoms with van der Waals surface area (Å²) in [5, 5.41) is 4.46. The maximum Gasteiger partial charge on any atom is 0.420 e. The largest absolute Gasteiger partial charge is 0.443 e. The van der Waals surface area contributed by atoms with E-state index in [1.165, 1.54) is 12.8 Å². The normalized spacial score (nSPS) is 18.2. The van der Waals surface area contributed by atoms with Crippen molar-refractivity contribution in [3.05, 3.63) is 82.5 Å². The molecule has 1 amide bonds. The van der Waals surface area contributed by atoms with Gasteiger partial charge in [-0.25, -0.2) is 22.8 Å². The molecule has 3 aliphatic rings. The van der Waals surface area contributed by atoms with Crippen LogP contribution in [0.3, 0.4) is 0 Å². The number of hydrogen-bond acceptors (Lipinski definition) is 7. The zero-order valence-corrected chi connectivity index (χ0v) is 34.2. The maximum atomic E-state index is 14.3.